The Morgan fingerprint density at radius 1 is 1.38 bits per heavy atom. The van der Waals surface area contributed by atoms with E-state index in [1.54, 1.807) is 0 Å². The van der Waals surface area contributed by atoms with Crippen molar-refractivity contribution in [2.24, 2.45) is 17.8 Å². The van der Waals surface area contributed by atoms with Gasteiger partial charge in [-0.1, -0.05) is 0 Å². The molecule has 1 aliphatic carbocycles. The molecule has 5 nitrogen and oxygen atoms in total. The number of ether oxygens (including phenoxy) is 1. The molecule has 2 saturated heterocycles. The standard InChI is InChI=1S/C11H15NO4/c13-9(6-1-2-16-5-6)4-12-10(14)7-3-8(7)11(12)15/h6-9,13H,1-5H2. The van der Waals surface area contributed by atoms with Gasteiger partial charge in [-0.3, -0.25) is 14.5 Å². The maximum absolute atomic E-state index is 11.7. The van der Waals surface area contributed by atoms with Crippen molar-refractivity contribution < 1.29 is 19.4 Å². The summed E-state index contributed by atoms with van der Waals surface area (Å²) in [5.74, 6) is -0.252. The smallest absolute Gasteiger partial charge is 0.233 e. The van der Waals surface area contributed by atoms with Gasteiger partial charge in [0.2, 0.25) is 11.8 Å². The van der Waals surface area contributed by atoms with E-state index < -0.39 is 6.10 Å². The maximum Gasteiger partial charge on any atom is 0.233 e. The lowest BCUT2D eigenvalue weighted by Gasteiger charge is -2.23. The van der Waals surface area contributed by atoms with Crippen molar-refractivity contribution in [1.82, 2.24) is 4.90 Å². The number of hydrogen-bond donors (Lipinski definition) is 1. The molecule has 2 heterocycles. The van der Waals surface area contributed by atoms with Crippen molar-refractivity contribution in [3.63, 3.8) is 0 Å². The van der Waals surface area contributed by atoms with Crippen molar-refractivity contribution in [1.29, 1.82) is 0 Å². The van der Waals surface area contributed by atoms with Crippen LogP contribution in [0.2, 0.25) is 0 Å². The molecule has 0 aromatic carbocycles. The van der Waals surface area contributed by atoms with E-state index in [0.717, 1.165) is 12.8 Å². The summed E-state index contributed by atoms with van der Waals surface area (Å²) in [5, 5.41) is 9.92. The number of aliphatic hydroxyl groups is 1. The summed E-state index contributed by atoms with van der Waals surface area (Å²) < 4.78 is 5.18. The van der Waals surface area contributed by atoms with E-state index in [9.17, 15) is 14.7 Å². The molecule has 3 aliphatic rings. The predicted octanol–water partition coefficient (Wildman–Crippen LogP) is -0.611. The summed E-state index contributed by atoms with van der Waals surface area (Å²) in [6.07, 6.45) is 0.897. The number of rotatable bonds is 3. The predicted molar refractivity (Wildman–Crippen MR) is 53.2 cm³/mol. The second-order valence-corrected chi connectivity index (χ2v) is 4.93. The highest BCUT2D eigenvalue weighted by Crippen LogP contribution is 2.47. The molecular formula is C11H15NO4. The van der Waals surface area contributed by atoms with Gasteiger partial charge in [0.1, 0.15) is 0 Å². The third kappa shape index (κ3) is 1.46. The largest absolute Gasteiger partial charge is 0.391 e. The molecule has 4 atom stereocenters. The Balaban J connectivity index is 1.62. The number of carbonyl (C=O) groups excluding carboxylic acids is 2. The first-order chi connectivity index (χ1) is 7.68. The van der Waals surface area contributed by atoms with Crippen molar-refractivity contribution in [2.45, 2.75) is 18.9 Å². The third-order valence-electron chi connectivity index (χ3n) is 3.84. The number of carbonyl (C=O) groups is 2. The van der Waals surface area contributed by atoms with Gasteiger partial charge in [0.05, 0.1) is 31.1 Å². The minimum atomic E-state index is -0.632. The van der Waals surface area contributed by atoms with Crippen molar-refractivity contribution in [3.05, 3.63) is 0 Å². The van der Waals surface area contributed by atoms with Crippen LogP contribution in [0.25, 0.3) is 0 Å². The lowest BCUT2D eigenvalue weighted by molar-refractivity contribution is -0.143. The summed E-state index contributed by atoms with van der Waals surface area (Å²) in [4.78, 5) is 24.6. The normalized spacial score (nSPS) is 39.1. The molecule has 3 rings (SSSR count). The summed E-state index contributed by atoms with van der Waals surface area (Å²) in [6, 6.07) is 0. The Hall–Kier alpha value is -0.940. The lowest BCUT2D eigenvalue weighted by atomic mass is 10.0. The van der Waals surface area contributed by atoms with Gasteiger partial charge in [-0.2, -0.15) is 0 Å². The zero-order valence-electron chi connectivity index (χ0n) is 8.96. The van der Waals surface area contributed by atoms with Crippen LogP contribution >= 0.6 is 0 Å². The van der Waals surface area contributed by atoms with Crippen LogP contribution in [0.5, 0.6) is 0 Å². The van der Waals surface area contributed by atoms with Crippen LogP contribution in [0.4, 0.5) is 0 Å². The zero-order chi connectivity index (χ0) is 11.3. The topological polar surface area (TPSA) is 66.8 Å². The van der Waals surface area contributed by atoms with E-state index in [4.69, 9.17) is 4.74 Å². The van der Waals surface area contributed by atoms with Crippen molar-refractivity contribution >= 4 is 11.8 Å². The summed E-state index contributed by atoms with van der Waals surface area (Å²) in [6.45, 7) is 1.35. The van der Waals surface area contributed by atoms with E-state index in [1.807, 2.05) is 0 Å². The number of amides is 2. The maximum atomic E-state index is 11.7. The van der Waals surface area contributed by atoms with Crippen molar-refractivity contribution in [3.8, 4) is 0 Å². The Bertz CT molecular complexity index is 317. The first-order valence-corrected chi connectivity index (χ1v) is 5.79. The van der Waals surface area contributed by atoms with Crippen LogP contribution in [0.1, 0.15) is 12.8 Å². The van der Waals surface area contributed by atoms with Crippen LogP contribution < -0.4 is 0 Å². The van der Waals surface area contributed by atoms with E-state index in [1.165, 1.54) is 4.90 Å². The molecule has 3 fully saturated rings. The Kier molecular flexibility index (Phi) is 2.26. The second kappa shape index (κ2) is 3.53. The molecular weight excluding hydrogens is 210 g/mol. The molecule has 4 unspecified atom stereocenters. The van der Waals surface area contributed by atoms with Gasteiger partial charge in [0.25, 0.3) is 0 Å². The van der Waals surface area contributed by atoms with Gasteiger partial charge in [0, 0.05) is 12.5 Å². The van der Waals surface area contributed by atoms with Crippen LogP contribution in [0.15, 0.2) is 0 Å². The highest BCUT2D eigenvalue weighted by molar-refractivity contribution is 6.08. The van der Waals surface area contributed by atoms with E-state index >= 15 is 0 Å². The van der Waals surface area contributed by atoms with Gasteiger partial charge in [0.15, 0.2) is 0 Å². The van der Waals surface area contributed by atoms with Crippen LogP contribution in [-0.2, 0) is 14.3 Å². The van der Waals surface area contributed by atoms with E-state index in [-0.39, 0.29) is 36.1 Å². The molecule has 0 radical (unpaired) electrons. The third-order valence-corrected chi connectivity index (χ3v) is 3.84. The number of aliphatic hydroxyl groups excluding tert-OH is 1. The number of piperidine rings is 1. The van der Waals surface area contributed by atoms with Crippen molar-refractivity contribution in [2.75, 3.05) is 19.8 Å². The highest BCUT2D eigenvalue weighted by Gasteiger charge is 2.59. The highest BCUT2D eigenvalue weighted by atomic mass is 16.5. The fraction of sp³-hybridized carbons (Fsp3) is 0.818. The molecule has 5 heteroatoms. The minimum absolute atomic E-state index is 0.0672. The number of β-amino-alcohol motifs (C(OH)–C–C–N with tert-alkyl or cyclic N) is 1. The second-order valence-electron chi connectivity index (χ2n) is 4.93. The number of likely N-dealkylation sites (tertiary alicyclic amines) is 1. The Labute approximate surface area is 93.4 Å². The molecule has 0 aromatic rings. The zero-order valence-corrected chi connectivity index (χ0v) is 8.96. The van der Waals surface area contributed by atoms with Gasteiger partial charge < -0.3 is 9.84 Å². The van der Waals surface area contributed by atoms with Gasteiger partial charge in [-0.25, -0.2) is 0 Å². The first kappa shape index (κ1) is 10.2. The van der Waals surface area contributed by atoms with Gasteiger partial charge >= 0.3 is 0 Å². The first-order valence-electron chi connectivity index (χ1n) is 5.79. The summed E-state index contributed by atoms with van der Waals surface area (Å²) >= 11 is 0. The molecule has 1 saturated carbocycles. The number of nitrogens with zero attached hydrogens (tertiary/aromatic N) is 1. The van der Waals surface area contributed by atoms with Gasteiger partial charge in [-0.15, -0.1) is 0 Å². The number of imide groups is 1. The van der Waals surface area contributed by atoms with E-state index in [2.05, 4.69) is 0 Å². The van der Waals surface area contributed by atoms with E-state index in [0.29, 0.717) is 13.2 Å². The molecule has 2 aliphatic heterocycles. The molecule has 1 N–H and O–H groups in total. The minimum Gasteiger partial charge on any atom is -0.391 e. The average molecular weight is 225 g/mol. The molecule has 0 spiro atoms. The average Bonchev–Trinajstić information content (AvgIpc) is 2.81. The monoisotopic (exact) mass is 225 g/mol. The SMILES string of the molecule is O=C1C2CC2C(=O)N1CC(O)C1CCOC1. The Morgan fingerprint density at radius 2 is 2.06 bits per heavy atom. The molecule has 88 valence electrons. The Morgan fingerprint density at radius 3 is 2.62 bits per heavy atom. The fourth-order valence-corrected chi connectivity index (χ4v) is 2.62. The molecule has 16 heavy (non-hydrogen) atoms. The molecule has 2 amide bonds. The lowest BCUT2D eigenvalue weighted by Crippen LogP contribution is -2.41. The fourth-order valence-electron chi connectivity index (χ4n) is 2.62. The van der Waals surface area contributed by atoms with Crippen LogP contribution in [-0.4, -0.2) is 47.7 Å². The number of hydrogen-bond acceptors (Lipinski definition) is 4. The van der Waals surface area contributed by atoms with Gasteiger partial charge in [-0.05, 0) is 12.8 Å². The summed E-state index contributed by atoms with van der Waals surface area (Å²) in [7, 11) is 0. The molecule has 0 bridgehead atoms. The summed E-state index contributed by atoms with van der Waals surface area (Å²) in [5.41, 5.74) is 0. The van der Waals surface area contributed by atoms with Crippen LogP contribution in [0, 0.1) is 17.8 Å². The quantitative estimate of drug-likeness (QED) is 0.651. The molecule has 0 aromatic heterocycles. The van der Waals surface area contributed by atoms with Crippen LogP contribution in [0.3, 0.4) is 0 Å². The number of fused-ring (bicyclic) bond motifs is 1.